The van der Waals surface area contributed by atoms with Crippen molar-refractivity contribution in [2.75, 3.05) is 39.6 Å². The van der Waals surface area contributed by atoms with Crippen LogP contribution >= 0.6 is 15.6 Å². The molecule has 0 aromatic carbocycles. The molecule has 576 valence electrons. The molecule has 0 aromatic heterocycles. The van der Waals surface area contributed by atoms with Crippen molar-refractivity contribution in [3.8, 4) is 0 Å². The number of carbonyl (C=O) groups is 4. The van der Waals surface area contributed by atoms with Crippen molar-refractivity contribution in [1.82, 2.24) is 0 Å². The molecule has 97 heavy (non-hydrogen) atoms. The molecule has 3 unspecified atom stereocenters. The Morgan fingerprint density at radius 2 is 0.526 bits per heavy atom. The third-order valence-electron chi connectivity index (χ3n) is 18.6. The number of hydrogen-bond acceptors (Lipinski definition) is 15. The lowest BCUT2D eigenvalue weighted by Gasteiger charge is -2.21. The number of aliphatic hydroxyl groups excluding tert-OH is 1. The standard InChI is InChI=1S/C78H152O17P2/c1-7-10-12-14-16-18-20-22-23-24-25-26-30-34-37-41-48-54-60-75(80)88-66-73(94-78(83)63-57-51-43-39-35-31-28-27-29-32-36-40-47-53-59-71(6)9-3)68-92-96(84,85)90-64-72(79)65-91-97(86,87)93-69-74(67-89-76(81)61-55-49-45-44-46-52-58-70(4)5)95-77(82)62-56-50-42-38-33-21-19-17-15-13-11-8-2/h70-74,79H,7-69H2,1-6H3,(H,84,85)(H,86,87)/t71?,72-,73-,74-/m1/s1. The number of ether oxygens (including phenoxy) is 4. The first-order valence-electron chi connectivity index (χ1n) is 40.5. The lowest BCUT2D eigenvalue weighted by atomic mass is 9.99. The first kappa shape index (κ1) is 95.1. The molecule has 0 radical (unpaired) electrons. The SMILES string of the molecule is CCCCCCCCCCCCCCCCCCCCC(=O)OC[C@H](COP(=O)(O)OC[C@@H](O)COP(=O)(O)OC[C@@H](COC(=O)CCCCCCCCC(C)C)OC(=O)CCCCCCCCCCCCCC)OC(=O)CCCCCCCCCCCCCCCCC(C)CC. The van der Waals surface area contributed by atoms with Crippen LogP contribution in [0.5, 0.6) is 0 Å². The molecule has 0 aromatic rings. The van der Waals surface area contributed by atoms with Crippen molar-refractivity contribution in [2.24, 2.45) is 11.8 Å². The molecule has 0 heterocycles. The van der Waals surface area contributed by atoms with Crippen LogP contribution in [0.25, 0.3) is 0 Å². The van der Waals surface area contributed by atoms with Crippen LogP contribution in [-0.2, 0) is 65.4 Å². The number of aliphatic hydroxyl groups is 1. The number of carbonyl (C=O) groups excluding carboxylic acids is 4. The van der Waals surface area contributed by atoms with Gasteiger partial charge in [-0.3, -0.25) is 37.3 Å². The van der Waals surface area contributed by atoms with Gasteiger partial charge in [-0.15, -0.1) is 0 Å². The summed E-state index contributed by atoms with van der Waals surface area (Å²) in [6, 6.07) is 0. The Morgan fingerprint density at radius 1 is 0.299 bits per heavy atom. The van der Waals surface area contributed by atoms with Crippen molar-refractivity contribution in [3.63, 3.8) is 0 Å². The molecule has 0 aliphatic heterocycles. The summed E-state index contributed by atoms with van der Waals surface area (Å²) in [5.74, 6) is -0.588. The zero-order valence-corrected chi connectivity index (χ0v) is 65.2. The van der Waals surface area contributed by atoms with E-state index in [0.717, 1.165) is 102 Å². The van der Waals surface area contributed by atoms with E-state index >= 15 is 0 Å². The van der Waals surface area contributed by atoms with Gasteiger partial charge in [-0.25, -0.2) is 9.13 Å². The average molecular weight is 1420 g/mol. The van der Waals surface area contributed by atoms with E-state index in [4.69, 9.17) is 37.0 Å². The van der Waals surface area contributed by atoms with Crippen LogP contribution in [0.1, 0.15) is 408 Å². The molecule has 0 fully saturated rings. The number of phosphoric acid groups is 2. The highest BCUT2D eigenvalue weighted by atomic mass is 31.2. The largest absolute Gasteiger partial charge is 0.472 e. The fourth-order valence-electron chi connectivity index (χ4n) is 12.0. The van der Waals surface area contributed by atoms with E-state index in [1.54, 1.807) is 0 Å². The van der Waals surface area contributed by atoms with Gasteiger partial charge in [0, 0.05) is 25.7 Å². The van der Waals surface area contributed by atoms with E-state index in [9.17, 15) is 43.2 Å². The smallest absolute Gasteiger partial charge is 0.462 e. The lowest BCUT2D eigenvalue weighted by Crippen LogP contribution is -2.30. The van der Waals surface area contributed by atoms with Crippen molar-refractivity contribution in [3.05, 3.63) is 0 Å². The van der Waals surface area contributed by atoms with E-state index in [1.807, 2.05) is 0 Å². The second kappa shape index (κ2) is 69.8. The highest BCUT2D eigenvalue weighted by Gasteiger charge is 2.30. The normalized spacial score (nSPS) is 14.2. The van der Waals surface area contributed by atoms with Gasteiger partial charge in [-0.1, -0.05) is 356 Å². The number of unbranched alkanes of at least 4 members (excludes halogenated alkanes) is 46. The summed E-state index contributed by atoms with van der Waals surface area (Å²) in [5, 5.41) is 10.6. The van der Waals surface area contributed by atoms with E-state index in [-0.39, 0.29) is 25.7 Å². The van der Waals surface area contributed by atoms with Crippen molar-refractivity contribution >= 4 is 39.5 Å². The average Bonchev–Trinajstić information content (AvgIpc) is 1.34. The highest BCUT2D eigenvalue weighted by Crippen LogP contribution is 2.45. The topological polar surface area (TPSA) is 237 Å². The van der Waals surface area contributed by atoms with Crippen molar-refractivity contribution in [1.29, 1.82) is 0 Å². The summed E-state index contributed by atoms with van der Waals surface area (Å²) in [7, 11) is -9.91. The third-order valence-corrected chi connectivity index (χ3v) is 20.5. The van der Waals surface area contributed by atoms with E-state index in [2.05, 4.69) is 41.5 Å². The Morgan fingerprint density at radius 3 is 0.784 bits per heavy atom. The monoisotopic (exact) mass is 1420 g/mol. The summed E-state index contributed by atoms with van der Waals surface area (Å²) < 4.78 is 68.6. The van der Waals surface area contributed by atoms with Gasteiger partial charge in [-0.05, 0) is 37.5 Å². The summed E-state index contributed by atoms with van der Waals surface area (Å²) in [6.07, 6.45) is 58.3. The maximum atomic E-state index is 13.1. The summed E-state index contributed by atoms with van der Waals surface area (Å²) in [4.78, 5) is 72.8. The third kappa shape index (κ3) is 70.9. The maximum Gasteiger partial charge on any atom is 0.472 e. The predicted octanol–water partition coefficient (Wildman–Crippen LogP) is 23.1. The van der Waals surface area contributed by atoms with Crippen LogP contribution in [0.3, 0.4) is 0 Å². The Labute approximate surface area is 594 Å². The van der Waals surface area contributed by atoms with E-state index in [1.165, 1.54) is 218 Å². The minimum atomic E-state index is -4.96. The fourth-order valence-corrected chi connectivity index (χ4v) is 13.6. The second-order valence-electron chi connectivity index (χ2n) is 28.8. The molecular weight excluding hydrogens is 1270 g/mol. The zero-order chi connectivity index (χ0) is 71.4. The molecule has 0 rings (SSSR count). The van der Waals surface area contributed by atoms with Crippen LogP contribution in [0.2, 0.25) is 0 Å². The number of esters is 4. The first-order chi connectivity index (χ1) is 46.9. The maximum absolute atomic E-state index is 13.1. The van der Waals surface area contributed by atoms with Crippen LogP contribution in [0, 0.1) is 11.8 Å². The van der Waals surface area contributed by atoms with Crippen LogP contribution in [0.4, 0.5) is 0 Å². The van der Waals surface area contributed by atoms with Gasteiger partial charge in [-0.2, -0.15) is 0 Å². The van der Waals surface area contributed by atoms with Crippen LogP contribution in [0.15, 0.2) is 0 Å². The lowest BCUT2D eigenvalue weighted by molar-refractivity contribution is -0.161. The molecule has 0 spiro atoms. The Bertz CT molecular complexity index is 1870. The number of rotatable bonds is 77. The van der Waals surface area contributed by atoms with Gasteiger partial charge in [0.1, 0.15) is 19.3 Å². The molecule has 0 aliphatic carbocycles. The molecule has 0 saturated heterocycles. The Kier molecular flexibility index (Phi) is 68.4. The minimum absolute atomic E-state index is 0.106. The predicted molar refractivity (Wildman–Crippen MR) is 395 cm³/mol. The van der Waals surface area contributed by atoms with Crippen molar-refractivity contribution < 1.29 is 80.2 Å². The summed E-state index contributed by atoms with van der Waals surface area (Å²) in [5.41, 5.74) is 0. The second-order valence-corrected chi connectivity index (χ2v) is 31.7. The molecule has 0 aliphatic rings. The summed E-state index contributed by atoms with van der Waals surface area (Å²) >= 11 is 0. The van der Waals surface area contributed by atoms with Crippen LogP contribution in [-0.4, -0.2) is 96.7 Å². The molecule has 19 heteroatoms. The van der Waals surface area contributed by atoms with Gasteiger partial charge in [0.05, 0.1) is 26.4 Å². The van der Waals surface area contributed by atoms with E-state index in [0.29, 0.717) is 31.6 Å². The van der Waals surface area contributed by atoms with Gasteiger partial charge in [0.25, 0.3) is 0 Å². The Balaban J connectivity index is 5.22. The highest BCUT2D eigenvalue weighted by molar-refractivity contribution is 7.47. The molecule has 0 bridgehead atoms. The Hall–Kier alpha value is -1.94. The quantitative estimate of drug-likeness (QED) is 0.0222. The van der Waals surface area contributed by atoms with Crippen LogP contribution < -0.4 is 0 Å². The fraction of sp³-hybridized carbons (Fsp3) is 0.949. The van der Waals surface area contributed by atoms with Gasteiger partial charge in [0.2, 0.25) is 0 Å². The van der Waals surface area contributed by atoms with Gasteiger partial charge >= 0.3 is 39.5 Å². The minimum Gasteiger partial charge on any atom is -0.462 e. The number of phosphoric ester groups is 2. The number of hydrogen-bond donors (Lipinski definition) is 3. The summed E-state index contributed by atoms with van der Waals surface area (Å²) in [6.45, 7) is 9.58. The van der Waals surface area contributed by atoms with Crippen molar-refractivity contribution in [2.45, 2.75) is 426 Å². The molecule has 3 N–H and O–H groups in total. The first-order valence-corrected chi connectivity index (χ1v) is 43.5. The molecular formula is C78H152O17P2. The molecule has 6 atom stereocenters. The van der Waals surface area contributed by atoms with Gasteiger partial charge < -0.3 is 33.8 Å². The molecule has 0 saturated carbocycles. The zero-order valence-electron chi connectivity index (χ0n) is 63.4. The van der Waals surface area contributed by atoms with E-state index < -0.39 is 97.5 Å². The van der Waals surface area contributed by atoms with Gasteiger partial charge in [0.15, 0.2) is 12.2 Å². The molecule has 17 nitrogen and oxygen atoms in total. The molecule has 0 amide bonds.